The van der Waals surface area contributed by atoms with Gasteiger partial charge < -0.3 is 72.2 Å². The maximum absolute atomic E-state index is 14.6. The zero-order valence-corrected chi connectivity index (χ0v) is 78.8. The summed E-state index contributed by atoms with van der Waals surface area (Å²) >= 11 is 0. The maximum atomic E-state index is 14.6. The fraction of sp³-hybridized carbons (Fsp3) is 0.495. The van der Waals surface area contributed by atoms with E-state index in [2.05, 4.69) is 75.6 Å². The second kappa shape index (κ2) is 48.4. The highest BCUT2D eigenvalue weighted by atomic mass is 16.6. The van der Waals surface area contributed by atoms with Crippen molar-refractivity contribution in [1.82, 2.24) is 91.7 Å². The number of hydrogen-bond acceptors (Lipinski definition) is 20. The Kier molecular flexibility index (Phi) is 37.1. The van der Waals surface area contributed by atoms with Crippen LogP contribution in [-0.4, -0.2) is 230 Å². The Morgan fingerprint density at radius 3 is 1.10 bits per heavy atom. The topological polar surface area (TPSA) is 414 Å². The molecule has 13 rings (SSSR count). The molecule has 714 valence electrons. The number of aromatic nitrogens is 6. The van der Waals surface area contributed by atoms with Crippen molar-refractivity contribution in [3.63, 3.8) is 0 Å². The quantitative estimate of drug-likeness (QED) is 0.0254. The molecule has 2 aromatic heterocycles. The molecule has 5 aromatic carbocycles. The van der Waals surface area contributed by atoms with Gasteiger partial charge in [-0.3, -0.25) is 53.0 Å². The van der Waals surface area contributed by atoms with Crippen LogP contribution in [0.3, 0.4) is 0 Å². The number of carbonyl (C=O) groups is 11. The first-order valence-electron chi connectivity index (χ1n) is 46.3. The van der Waals surface area contributed by atoms with Gasteiger partial charge in [-0.1, -0.05) is 218 Å². The van der Waals surface area contributed by atoms with Crippen molar-refractivity contribution < 1.29 is 67.3 Å². The SMILES string of the molecule is C#CC(O)c1ccccc1.C#C[C@@H](N)c1ccccc1.C#C[C@@H](NC(=O)[C@@H]1CC[C@@H]2CCCC[C@H](NC(=O)[C@H](C)N(C)C(=O)OC(C)(C)C)C(=O)N21)c1ccccc1.CN[C@@H](C)C(=O)N[C@H]1CCCC[C@H]2CC[C@@H](C(=O)N[C@@H](c3ccccc3)c3cn(Cn4cc([C@@H](NC(=O)[C@@H]5CC[C@@H]6CCCC[C@H](NC(=O)[C@H](C)N(C)C(=O)OC(C)(C)C)C(=O)N65)c5ccccc5)nn4)nn3)N2C1=O. The van der Waals surface area contributed by atoms with Crippen molar-refractivity contribution in [3.8, 4) is 37.0 Å². The molecule has 0 saturated carbocycles. The van der Waals surface area contributed by atoms with E-state index in [9.17, 15) is 52.7 Å². The van der Waals surface area contributed by atoms with E-state index in [0.29, 0.717) is 75.6 Å². The summed E-state index contributed by atoms with van der Waals surface area (Å²) in [5.41, 5.74) is 9.04. The Balaban J connectivity index is 0.000000261. The van der Waals surface area contributed by atoms with Gasteiger partial charge in [-0.05, 0) is 174 Å². The number of ether oxygens (including phenoxy) is 2. The molecule has 7 aromatic rings. The third kappa shape index (κ3) is 27.9. The summed E-state index contributed by atoms with van der Waals surface area (Å²) in [7, 11) is 4.66. The van der Waals surface area contributed by atoms with Crippen LogP contribution in [-0.2, 0) is 59.3 Å². The summed E-state index contributed by atoms with van der Waals surface area (Å²) in [6.45, 7) is 15.5. The second-order valence-electron chi connectivity index (χ2n) is 36.8. The Morgan fingerprint density at radius 1 is 0.448 bits per heavy atom. The second-order valence-corrected chi connectivity index (χ2v) is 36.8. The average Bonchev–Trinajstić information content (AvgIpc) is 1.65. The first-order chi connectivity index (χ1) is 64.0. The zero-order valence-electron chi connectivity index (χ0n) is 78.8. The van der Waals surface area contributed by atoms with Gasteiger partial charge in [0.05, 0.1) is 36.6 Å². The van der Waals surface area contributed by atoms with Crippen molar-refractivity contribution >= 4 is 65.4 Å². The van der Waals surface area contributed by atoms with Crippen LogP contribution in [0.1, 0.15) is 247 Å². The van der Waals surface area contributed by atoms with Crippen molar-refractivity contribution in [2.45, 2.75) is 299 Å². The summed E-state index contributed by atoms with van der Waals surface area (Å²) in [5.74, 6) is 4.25. The van der Waals surface area contributed by atoms with Crippen LogP contribution >= 0.6 is 0 Å². The molecule has 0 spiro atoms. The smallest absolute Gasteiger partial charge is 0.410 e. The predicted octanol–water partition coefficient (Wildman–Crippen LogP) is 9.31. The normalized spacial score (nSPS) is 21.7. The lowest BCUT2D eigenvalue weighted by Crippen LogP contribution is -2.58. The maximum Gasteiger partial charge on any atom is 0.410 e. The highest BCUT2D eigenvalue weighted by Gasteiger charge is 2.49. The average molecular weight is 1840 g/mol. The molecular weight excluding hydrogens is 1700 g/mol. The third-order valence-electron chi connectivity index (χ3n) is 25.0. The number of rotatable bonds is 24. The van der Waals surface area contributed by atoms with E-state index in [1.165, 1.54) is 23.9 Å². The zero-order chi connectivity index (χ0) is 97.1. The molecule has 1 unspecified atom stereocenters. The first-order valence-corrected chi connectivity index (χ1v) is 46.3. The molecule has 33 heteroatoms. The minimum Gasteiger partial charge on any atom is -0.444 e. The predicted molar refractivity (Wildman–Crippen MR) is 504 cm³/mol. The number of aliphatic hydroxyl groups excluding tert-OH is 1. The van der Waals surface area contributed by atoms with Crippen molar-refractivity contribution in [3.05, 3.63) is 203 Å². The van der Waals surface area contributed by atoms with Gasteiger partial charge in [0.15, 0.2) is 0 Å². The number of nitrogens with two attached hydrogens (primary N) is 1. The van der Waals surface area contributed by atoms with E-state index in [1.807, 2.05) is 140 Å². The summed E-state index contributed by atoms with van der Waals surface area (Å²) in [4.78, 5) is 157. The summed E-state index contributed by atoms with van der Waals surface area (Å²) in [6, 6.07) is 37.2. The lowest BCUT2D eigenvalue weighted by molar-refractivity contribution is -0.144. The molecule has 6 saturated heterocycles. The van der Waals surface area contributed by atoms with Crippen LogP contribution in [0, 0.1) is 37.0 Å². The lowest BCUT2D eigenvalue weighted by Gasteiger charge is -2.36. The summed E-state index contributed by atoms with van der Waals surface area (Å²) in [5, 5.41) is 47.9. The molecule has 10 N–H and O–H groups in total. The van der Waals surface area contributed by atoms with E-state index in [4.69, 9.17) is 39.6 Å². The van der Waals surface area contributed by atoms with Gasteiger partial charge in [0.2, 0.25) is 53.2 Å². The number of likely N-dealkylation sites (N-methyl/N-ethyl adjacent to an activating group) is 3. The Labute approximate surface area is 786 Å². The highest BCUT2D eigenvalue weighted by molar-refractivity contribution is 5.97. The molecule has 6 fully saturated rings. The molecule has 134 heavy (non-hydrogen) atoms. The molecular formula is C101H131N19O14. The molecule has 6 aliphatic rings. The van der Waals surface area contributed by atoms with Crippen molar-refractivity contribution in [2.75, 3.05) is 21.1 Å². The van der Waals surface area contributed by atoms with Crippen LogP contribution < -0.4 is 43.0 Å². The van der Waals surface area contributed by atoms with E-state index in [0.717, 1.165) is 79.2 Å². The Morgan fingerprint density at radius 2 is 0.769 bits per heavy atom. The fourth-order valence-corrected chi connectivity index (χ4v) is 17.3. The molecule has 17 atom stereocenters. The monoisotopic (exact) mass is 1830 g/mol. The molecule has 0 aliphatic carbocycles. The van der Waals surface area contributed by atoms with E-state index in [1.54, 1.807) is 118 Å². The van der Waals surface area contributed by atoms with Gasteiger partial charge in [-0.15, -0.1) is 29.5 Å². The lowest BCUT2D eigenvalue weighted by atomic mass is 9.98. The number of nitrogens with one attached hydrogen (secondary N) is 7. The number of nitrogens with zero attached hydrogens (tertiary/aromatic N) is 11. The minimum atomic E-state index is -0.925. The van der Waals surface area contributed by atoms with Gasteiger partial charge in [0.25, 0.3) is 0 Å². The molecule has 33 nitrogen and oxygen atoms in total. The van der Waals surface area contributed by atoms with Gasteiger partial charge in [0.1, 0.15) is 89.7 Å². The third-order valence-corrected chi connectivity index (χ3v) is 25.0. The first kappa shape index (κ1) is 103. The number of terminal acetylenes is 3. The van der Waals surface area contributed by atoms with Crippen molar-refractivity contribution in [2.24, 2.45) is 5.73 Å². The van der Waals surface area contributed by atoms with Gasteiger partial charge in [-0.2, -0.15) is 0 Å². The van der Waals surface area contributed by atoms with Crippen LogP contribution in [0.2, 0.25) is 0 Å². The van der Waals surface area contributed by atoms with E-state index >= 15 is 0 Å². The molecule has 8 heterocycles. The number of carbonyl (C=O) groups excluding carboxylic acids is 11. The van der Waals surface area contributed by atoms with E-state index < -0.39 is 114 Å². The van der Waals surface area contributed by atoms with Gasteiger partial charge in [0, 0.05) is 32.2 Å². The van der Waals surface area contributed by atoms with Crippen LogP contribution in [0.4, 0.5) is 9.59 Å². The van der Waals surface area contributed by atoms with Crippen LogP contribution in [0.15, 0.2) is 164 Å². The van der Waals surface area contributed by atoms with Crippen LogP contribution in [0.5, 0.6) is 0 Å². The highest BCUT2D eigenvalue weighted by Crippen LogP contribution is 2.37. The van der Waals surface area contributed by atoms with Gasteiger partial charge >= 0.3 is 12.2 Å². The molecule has 0 bridgehead atoms. The number of hydrogen-bond donors (Lipinski definition) is 9. The largest absolute Gasteiger partial charge is 0.444 e. The Bertz CT molecular complexity index is 5190. The van der Waals surface area contributed by atoms with E-state index in [-0.39, 0.29) is 72.2 Å². The number of fused-ring (bicyclic) bond motifs is 3. The van der Waals surface area contributed by atoms with Crippen molar-refractivity contribution in [1.29, 1.82) is 0 Å². The Hall–Kier alpha value is -13.3. The van der Waals surface area contributed by atoms with Crippen LogP contribution in [0.25, 0.3) is 0 Å². The molecule has 0 radical (unpaired) electrons. The fourth-order valence-electron chi connectivity index (χ4n) is 17.3. The minimum absolute atomic E-state index is 0.0687. The number of aliphatic hydroxyl groups is 1. The number of amides is 11. The number of benzene rings is 5. The van der Waals surface area contributed by atoms with Gasteiger partial charge in [-0.25, -0.2) is 19.0 Å². The molecule has 11 amide bonds. The summed E-state index contributed by atoms with van der Waals surface area (Å²) < 4.78 is 14.0. The molecule has 6 aliphatic heterocycles. The standard InChI is InChI=1S/C54H74N14O8.C29H40N4O5.C9H9N.C9H8O/c1-33(55-6)47(69)56-39-24-16-14-22-37-26-28-43(67(37)51(39)73)49(71)58-45(35-18-10-8-11-19-35)41-30-65(62-60-41)32-66-31-42(61-63-66)46(36-20-12-9-13-21-36)59-50(72)44-29-27-38-23-15-17-25-40(52(74)68(38)44)57-48(70)34(2)64(7)53(75)76-54(3,4)5;1-7-22(20-13-9-8-10-14-20)30-26(35)24-18-17-21-15-11-12-16-23(27(36)33(21)24)31-25(34)19(2)32(6)28(37)38-29(3,4)5;2*1-2-9(10)8-6-4-3-5-7-8/h8-13,18-21,30-31,33-34,37-40,43-46,55H,14-17,22-29,32H2,1-7H3,(H,56,69)(H,57,70)(H,58,71)(H,59,72);1,8-10,13-14,19,21-24H,11-12,15-18H2,2-6H3,(H,30,35)(H,31,34);1,3-7,9H,10H2;1,3-7,9-10H/t33-,34-,37-,38-,39-,40-,43-,44-,45-,46-;19-,21-,22+,23-,24-;9-;/m001./s1. The summed E-state index contributed by atoms with van der Waals surface area (Å²) in [6.07, 6.45) is 29.2.